The Morgan fingerprint density at radius 3 is 1.63 bits per heavy atom. The van der Waals surface area contributed by atoms with Crippen LogP contribution in [-0.4, -0.2) is 43.1 Å². The minimum atomic E-state index is -4.00. The van der Waals surface area contributed by atoms with Gasteiger partial charge in [0.1, 0.15) is 0 Å². The van der Waals surface area contributed by atoms with Gasteiger partial charge in [0, 0.05) is 20.0 Å². The highest BCUT2D eigenvalue weighted by atomic mass is 32.2. The van der Waals surface area contributed by atoms with Gasteiger partial charge in [0.2, 0.25) is 5.91 Å². The molecule has 0 aromatic heterocycles. The van der Waals surface area contributed by atoms with Crippen LogP contribution in [0.5, 0.6) is 0 Å². The highest BCUT2D eigenvalue weighted by Gasteiger charge is 2.12. The molecule has 0 atom stereocenters. The Hall–Kier alpha value is -0.620. The lowest BCUT2D eigenvalue weighted by molar-refractivity contribution is -0.129. The lowest BCUT2D eigenvalue weighted by Crippen LogP contribution is -2.31. The van der Waals surface area contributed by atoms with Crippen LogP contribution in [0.15, 0.2) is 0 Å². The standard InChI is InChI=1S/C21H43NO4S/c1-20(2)16-14-12-10-8-6-4-5-7-9-11-13-15-17-21(23)22(3)18-19-27(24,25)26/h20H,4-19H2,1-3H3,(H,24,25,26). The Morgan fingerprint density at radius 2 is 1.22 bits per heavy atom. The number of nitrogens with zero attached hydrogens (tertiary/aromatic N) is 1. The first-order valence-corrected chi connectivity index (χ1v) is 12.5. The van der Waals surface area contributed by atoms with Crippen LogP contribution in [-0.2, 0) is 14.9 Å². The molecule has 0 spiro atoms. The monoisotopic (exact) mass is 405 g/mol. The fourth-order valence-corrected chi connectivity index (χ4v) is 3.67. The van der Waals surface area contributed by atoms with Crippen LogP contribution < -0.4 is 0 Å². The second-order valence-corrected chi connectivity index (χ2v) is 9.85. The quantitative estimate of drug-likeness (QED) is 0.243. The molecule has 0 aliphatic carbocycles. The largest absolute Gasteiger partial charge is 0.345 e. The molecule has 0 heterocycles. The van der Waals surface area contributed by atoms with Crippen molar-refractivity contribution in [3.05, 3.63) is 0 Å². The molecular weight excluding hydrogens is 362 g/mol. The maximum Gasteiger partial charge on any atom is 0.266 e. The Morgan fingerprint density at radius 1 is 0.815 bits per heavy atom. The van der Waals surface area contributed by atoms with E-state index in [4.69, 9.17) is 4.55 Å². The molecule has 0 aliphatic rings. The summed E-state index contributed by atoms with van der Waals surface area (Å²) in [6, 6.07) is 0. The summed E-state index contributed by atoms with van der Waals surface area (Å²) in [7, 11) is -2.42. The van der Waals surface area contributed by atoms with Gasteiger partial charge in [0.15, 0.2) is 0 Å². The van der Waals surface area contributed by atoms with Gasteiger partial charge in [-0.3, -0.25) is 9.35 Å². The first-order chi connectivity index (χ1) is 12.7. The maximum absolute atomic E-state index is 11.8. The third kappa shape index (κ3) is 19.9. The van der Waals surface area contributed by atoms with Gasteiger partial charge in [-0.05, 0) is 12.3 Å². The van der Waals surface area contributed by atoms with Gasteiger partial charge in [-0.15, -0.1) is 0 Å². The predicted molar refractivity (Wildman–Crippen MR) is 114 cm³/mol. The van der Waals surface area contributed by atoms with E-state index in [1.54, 1.807) is 7.05 Å². The molecule has 5 nitrogen and oxygen atoms in total. The number of hydrogen-bond donors (Lipinski definition) is 1. The van der Waals surface area contributed by atoms with Gasteiger partial charge < -0.3 is 4.90 Å². The third-order valence-corrected chi connectivity index (χ3v) is 5.73. The van der Waals surface area contributed by atoms with E-state index in [1.165, 1.54) is 69.1 Å². The Bertz CT molecular complexity index is 463. The molecule has 27 heavy (non-hydrogen) atoms. The molecule has 1 N–H and O–H groups in total. The van der Waals surface area contributed by atoms with Crippen molar-refractivity contribution in [2.45, 2.75) is 104 Å². The van der Waals surface area contributed by atoms with Crippen LogP contribution in [0.2, 0.25) is 0 Å². The van der Waals surface area contributed by atoms with Crippen LogP contribution in [0, 0.1) is 5.92 Å². The summed E-state index contributed by atoms with van der Waals surface area (Å²) in [6.45, 7) is 4.64. The average molecular weight is 406 g/mol. The smallest absolute Gasteiger partial charge is 0.266 e. The summed E-state index contributed by atoms with van der Waals surface area (Å²) in [4.78, 5) is 13.2. The van der Waals surface area contributed by atoms with Crippen LogP contribution >= 0.6 is 0 Å². The summed E-state index contributed by atoms with van der Waals surface area (Å²) in [5.74, 6) is 0.397. The van der Waals surface area contributed by atoms with Crippen molar-refractivity contribution in [1.29, 1.82) is 0 Å². The SMILES string of the molecule is CC(C)CCCCCCCCCCCCCCC(=O)N(C)CCS(=O)(=O)O. The van der Waals surface area contributed by atoms with Crippen LogP contribution in [0.25, 0.3) is 0 Å². The summed E-state index contributed by atoms with van der Waals surface area (Å²) in [5.41, 5.74) is 0. The third-order valence-electron chi connectivity index (χ3n) is 5.03. The van der Waals surface area contributed by atoms with E-state index < -0.39 is 15.9 Å². The van der Waals surface area contributed by atoms with Crippen molar-refractivity contribution < 1.29 is 17.8 Å². The molecule has 0 fully saturated rings. The normalized spacial score (nSPS) is 11.9. The van der Waals surface area contributed by atoms with Crippen LogP contribution in [0.1, 0.15) is 104 Å². The average Bonchev–Trinajstić information content (AvgIpc) is 2.58. The number of hydrogen-bond acceptors (Lipinski definition) is 3. The fraction of sp³-hybridized carbons (Fsp3) is 0.952. The number of amides is 1. The molecule has 0 aromatic carbocycles. The first kappa shape index (κ1) is 26.4. The highest BCUT2D eigenvalue weighted by molar-refractivity contribution is 7.85. The lowest BCUT2D eigenvalue weighted by Gasteiger charge is -2.16. The molecule has 0 aliphatic heterocycles. The summed E-state index contributed by atoms with van der Waals surface area (Å²) < 4.78 is 30.1. The molecule has 1 amide bonds. The Kier molecular flexibility index (Phi) is 16.0. The Labute approximate surface area is 168 Å². The van der Waals surface area contributed by atoms with Crippen molar-refractivity contribution in [3.8, 4) is 0 Å². The van der Waals surface area contributed by atoms with E-state index in [0.717, 1.165) is 25.2 Å². The molecule has 0 saturated carbocycles. The maximum atomic E-state index is 11.8. The fourth-order valence-electron chi connectivity index (χ4n) is 3.16. The van der Waals surface area contributed by atoms with Crippen molar-refractivity contribution in [3.63, 3.8) is 0 Å². The molecule has 0 saturated heterocycles. The minimum absolute atomic E-state index is 0.0490. The molecule has 0 radical (unpaired) electrons. The lowest BCUT2D eigenvalue weighted by atomic mass is 10.0. The number of rotatable bonds is 18. The molecule has 0 aromatic rings. The van der Waals surface area contributed by atoms with E-state index >= 15 is 0 Å². The van der Waals surface area contributed by atoms with E-state index in [9.17, 15) is 13.2 Å². The van der Waals surface area contributed by atoms with Gasteiger partial charge in [0.25, 0.3) is 10.1 Å². The molecular formula is C21H43NO4S. The second kappa shape index (κ2) is 16.3. The van der Waals surface area contributed by atoms with E-state index in [-0.39, 0.29) is 12.5 Å². The zero-order chi connectivity index (χ0) is 20.5. The molecule has 6 heteroatoms. The molecule has 162 valence electrons. The predicted octanol–water partition coefficient (Wildman–Crippen LogP) is 5.45. The summed E-state index contributed by atoms with van der Waals surface area (Å²) >= 11 is 0. The van der Waals surface area contributed by atoms with Crippen LogP contribution in [0.3, 0.4) is 0 Å². The zero-order valence-corrected chi connectivity index (χ0v) is 18.7. The van der Waals surface area contributed by atoms with Gasteiger partial charge in [-0.2, -0.15) is 8.42 Å². The van der Waals surface area contributed by atoms with Crippen molar-refractivity contribution in [2.75, 3.05) is 19.3 Å². The summed E-state index contributed by atoms with van der Waals surface area (Å²) in [5, 5.41) is 0. The van der Waals surface area contributed by atoms with E-state index in [0.29, 0.717) is 6.42 Å². The number of unbranched alkanes of at least 4 members (excludes halogenated alkanes) is 11. The van der Waals surface area contributed by atoms with Crippen molar-refractivity contribution in [1.82, 2.24) is 4.90 Å². The van der Waals surface area contributed by atoms with Crippen molar-refractivity contribution >= 4 is 16.0 Å². The van der Waals surface area contributed by atoms with Crippen LogP contribution in [0.4, 0.5) is 0 Å². The molecule has 0 rings (SSSR count). The van der Waals surface area contributed by atoms with Gasteiger partial charge in [0.05, 0.1) is 5.75 Å². The van der Waals surface area contributed by atoms with E-state index in [2.05, 4.69) is 13.8 Å². The minimum Gasteiger partial charge on any atom is -0.345 e. The van der Waals surface area contributed by atoms with Gasteiger partial charge in [-0.1, -0.05) is 90.9 Å². The first-order valence-electron chi connectivity index (χ1n) is 10.9. The van der Waals surface area contributed by atoms with E-state index in [1.807, 2.05) is 0 Å². The number of carbonyl (C=O) groups is 1. The highest BCUT2D eigenvalue weighted by Crippen LogP contribution is 2.14. The Balaban J connectivity index is 3.34. The van der Waals surface area contributed by atoms with Crippen molar-refractivity contribution in [2.24, 2.45) is 5.92 Å². The summed E-state index contributed by atoms with van der Waals surface area (Å²) in [6.07, 6.45) is 17.0. The topological polar surface area (TPSA) is 74.7 Å². The van der Waals surface area contributed by atoms with Gasteiger partial charge in [-0.25, -0.2) is 0 Å². The van der Waals surface area contributed by atoms with Gasteiger partial charge >= 0.3 is 0 Å². The zero-order valence-electron chi connectivity index (χ0n) is 17.9. The second-order valence-electron chi connectivity index (χ2n) is 8.28. The molecule has 0 unspecified atom stereocenters. The number of carbonyl (C=O) groups excluding carboxylic acids is 1. The molecule has 0 bridgehead atoms.